The van der Waals surface area contributed by atoms with Crippen LogP contribution in [0.15, 0.2) is 24.3 Å². The van der Waals surface area contributed by atoms with Crippen LogP contribution in [-0.2, 0) is 0 Å². The molecule has 0 spiro atoms. The monoisotopic (exact) mass is 235 g/mol. The zero-order valence-corrected chi connectivity index (χ0v) is 11.0. The van der Waals surface area contributed by atoms with Crippen LogP contribution < -0.4 is 5.32 Å². The van der Waals surface area contributed by atoms with Crippen LogP contribution in [0.4, 0.5) is 4.39 Å². The van der Waals surface area contributed by atoms with E-state index in [1.165, 1.54) is 6.07 Å². The third kappa shape index (κ3) is 4.70. The van der Waals surface area contributed by atoms with Crippen LogP contribution in [0.1, 0.15) is 37.8 Å². The average molecular weight is 235 g/mol. The fourth-order valence-corrected chi connectivity index (χ4v) is 1.82. The van der Waals surface area contributed by atoms with Crippen LogP contribution in [0.2, 0.25) is 0 Å². The molecule has 2 heteroatoms. The lowest BCUT2D eigenvalue weighted by Gasteiger charge is -2.07. The highest BCUT2D eigenvalue weighted by Crippen LogP contribution is 2.19. The molecule has 94 valence electrons. The molecule has 0 amide bonds. The molecule has 1 nitrogen and oxygen atoms in total. The lowest BCUT2D eigenvalue weighted by atomic mass is 10.0. The molecule has 0 aromatic heterocycles. The Morgan fingerprint density at radius 3 is 2.82 bits per heavy atom. The van der Waals surface area contributed by atoms with Gasteiger partial charge < -0.3 is 5.32 Å². The third-order valence-electron chi connectivity index (χ3n) is 2.82. The fourth-order valence-electron chi connectivity index (χ4n) is 1.82. The van der Waals surface area contributed by atoms with Crippen molar-refractivity contribution >= 4 is 5.57 Å². The van der Waals surface area contributed by atoms with E-state index in [0.29, 0.717) is 0 Å². The number of allylic oxidation sites excluding steroid dienone is 1. The van der Waals surface area contributed by atoms with Gasteiger partial charge in [-0.1, -0.05) is 19.1 Å². The van der Waals surface area contributed by atoms with Gasteiger partial charge in [0, 0.05) is 0 Å². The lowest BCUT2D eigenvalue weighted by Crippen LogP contribution is -2.15. The summed E-state index contributed by atoms with van der Waals surface area (Å²) in [6.45, 7) is 8.26. The zero-order valence-electron chi connectivity index (χ0n) is 11.0. The summed E-state index contributed by atoms with van der Waals surface area (Å²) in [6.07, 6.45) is 4.32. The summed E-state index contributed by atoms with van der Waals surface area (Å²) in [4.78, 5) is 0. The molecule has 0 saturated heterocycles. The van der Waals surface area contributed by atoms with Crippen molar-refractivity contribution in [1.82, 2.24) is 5.32 Å². The standard InChI is InChI=1S/C15H22FN/c1-4-9-17-10-5-6-12(2)15-11-14(16)8-7-13(15)3/h6-8,11,17H,4-5,9-10H2,1-3H3. The Morgan fingerprint density at radius 2 is 2.12 bits per heavy atom. The van der Waals surface area contributed by atoms with Crippen molar-refractivity contribution in [2.45, 2.75) is 33.6 Å². The normalized spacial score (nSPS) is 11.9. The van der Waals surface area contributed by atoms with Gasteiger partial charge >= 0.3 is 0 Å². The van der Waals surface area contributed by atoms with E-state index in [1.807, 2.05) is 19.9 Å². The Kier molecular flexibility index (Phi) is 5.92. The molecule has 1 aromatic carbocycles. The van der Waals surface area contributed by atoms with E-state index >= 15 is 0 Å². The van der Waals surface area contributed by atoms with Gasteiger partial charge in [-0.05, 0) is 68.6 Å². The second-order valence-corrected chi connectivity index (χ2v) is 4.39. The average Bonchev–Trinajstić information content (AvgIpc) is 2.32. The van der Waals surface area contributed by atoms with Crippen LogP contribution in [0.5, 0.6) is 0 Å². The molecule has 0 unspecified atom stereocenters. The predicted octanol–water partition coefficient (Wildman–Crippen LogP) is 3.93. The van der Waals surface area contributed by atoms with E-state index in [2.05, 4.69) is 18.3 Å². The van der Waals surface area contributed by atoms with Crippen molar-refractivity contribution < 1.29 is 4.39 Å². The molecule has 1 aromatic rings. The maximum atomic E-state index is 13.2. The first-order chi connectivity index (χ1) is 8.15. The predicted molar refractivity (Wildman–Crippen MR) is 72.6 cm³/mol. The molecule has 1 N–H and O–H groups in total. The van der Waals surface area contributed by atoms with E-state index < -0.39 is 0 Å². The summed E-state index contributed by atoms with van der Waals surface area (Å²) < 4.78 is 13.2. The number of hydrogen-bond donors (Lipinski definition) is 1. The van der Waals surface area contributed by atoms with Crippen molar-refractivity contribution in [3.63, 3.8) is 0 Å². The van der Waals surface area contributed by atoms with Crippen LogP contribution in [-0.4, -0.2) is 13.1 Å². The van der Waals surface area contributed by atoms with Crippen molar-refractivity contribution in [2.24, 2.45) is 0 Å². The van der Waals surface area contributed by atoms with Gasteiger partial charge in [-0.15, -0.1) is 0 Å². The molecular formula is C15H22FN. The molecule has 0 aliphatic heterocycles. The van der Waals surface area contributed by atoms with Crippen molar-refractivity contribution in [3.05, 3.63) is 41.2 Å². The minimum atomic E-state index is -0.164. The van der Waals surface area contributed by atoms with E-state index in [1.54, 1.807) is 6.07 Å². The fraction of sp³-hybridized carbons (Fsp3) is 0.467. The summed E-state index contributed by atoms with van der Waals surface area (Å²) in [5, 5.41) is 3.35. The topological polar surface area (TPSA) is 12.0 Å². The van der Waals surface area contributed by atoms with E-state index in [0.717, 1.165) is 42.6 Å². The van der Waals surface area contributed by atoms with Gasteiger partial charge in [-0.25, -0.2) is 4.39 Å². The first-order valence-electron chi connectivity index (χ1n) is 6.29. The van der Waals surface area contributed by atoms with E-state index in [9.17, 15) is 4.39 Å². The first kappa shape index (κ1) is 13.9. The number of aryl methyl sites for hydroxylation is 1. The van der Waals surface area contributed by atoms with E-state index in [-0.39, 0.29) is 5.82 Å². The number of benzene rings is 1. The maximum Gasteiger partial charge on any atom is 0.123 e. The summed E-state index contributed by atoms with van der Waals surface area (Å²) in [5.41, 5.74) is 3.29. The summed E-state index contributed by atoms with van der Waals surface area (Å²) >= 11 is 0. The molecular weight excluding hydrogens is 213 g/mol. The number of hydrogen-bond acceptors (Lipinski definition) is 1. The SMILES string of the molecule is CCCNCCC=C(C)c1cc(F)ccc1C. The molecule has 1 rings (SSSR count). The van der Waals surface area contributed by atoms with Gasteiger partial charge in [-0.2, -0.15) is 0 Å². The van der Waals surface area contributed by atoms with Gasteiger partial charge in [0.1, 0.15) is 5.82 Å². The van der Waals surface area contributed by atoms with Gasteiger partial charge in [0.15, 0.2) is 0 Å². The molecule has 0 aliphatic rings. The van der Waals surface area contributed by atoms with E-state index in [4.69, 9.17) is 0 Å². The number of halogens is 1. The van der Waals surface area contributed by atoms with Crippen LogP contribution in [0.3, 0.4) is 0 Å². The Hall–Kier alpha value is -1.15. The van der Waals surface area contributed by atoms with Crippen LogP contribution >= 0.6 is 0 Å². The summed E-state index contributed by atoms with van der Waals surface area (Å²) in [7, 11) is 0. The third-order valence-corrected chi connectivity index (χ3v) is 2.82. The Morgan fingerprint density at radius 1 is 1.35 bits per heavy atom. The van der Waals surface area contributed by atoms with Crippen molar-refractivity contribution in [1.29, 1.82) is 0 Å². The Labute approximate surface area is 104 Å². The van der Waals surface area contributed by atoms with Gasteiger partial charge in [0.05, 0.1) is 0 Å². The highest BCUT2D eigenvalue weighted by atomic mass is 19.1. The lowest BCUT2D eigenvalue weighted by molar-refractivity contribution is 0.627. The van der Waals surface area contributed by atoms with Crippen molar-refractivity contribution in [2.75, 3.05) is 13.1 Å². The number of nitrogens with one attached hydrogen (secondary N) is 1. The molecule has 0 aliphatic carbocycles. The first-order valence-corrected chi connectivity index (χ1v) is 6.29. The molecule has 0 radical (unpaired) electrons. The molecule has 0 heterocycles. The van der Waals surface area contributed by atoms with Crippen LogP contribution in [0.25, 0.3) is 5.57 Å². The minimum absolute atomic E-state index is 0.164. The zero-order chi connectivity index (χ0) is 12.7. The molecule has 0 bridgehead atoms. The second-order valence-electron chi connectivity index (χ2n) is 4.39. The molecule has 0 saturated carbocycles. The molecule has 0 fully saturated rings. The maximum absolute atomic E-state index is 13.2. The Balaban J connectivity index is 2.58. The highest BCUT2D eigenvalue weighted by molar-refractivity contribution is 5.66. The highest BCUT2D eigenvalue weighted by Gasteiger charge is 2.01. The smallest absolute Gasteiger partial charge is 0.123 e. The molecule has 0 atom stereocenters. The van der Waals surface area contributed by atoms with Gasteiger partial charge in [-0.3, -0.25) is 0 Å². The molecule has 17 heavy (non-hydrogen) atoms. The van der Waals surface area contributed by atoms with Gasteiger partial charge in [0.25, 0.3) is 0 Å². The number of rotatable bonds is 6. The van der Waals surface area contributed by atoms with Gasteiger partial charge in [0.2, 0.25) is 0 Å². The second kappa shape index (κ2) is 7.23. The Bertz CT molecular complexity index is 383. The quantitative estimate of drug-likeness (QED) is 0.737. The summed E-state index contributed by atoms with van der Waals surface area (Å²) in [6, 6.07) is 4.95. The largest absolute Gasteiger partial charge is 0.316 e. The minimum Gasteiger partial charge on any atom is -0.316 e. The summed E-state index contributed by atoms with van der Waals surface area (Å²) in [5.74, 6) is -0.164. The van der Waals surface area contributed by atoms with Crippen molar-refractivity contribution in [3.8, 4) is 0 Å². The van der Waals surface area contributed by atoms with Crippen LogP contribution in [0, 0.1) is 12.7 Å².